The Hall–Kier alpha value is -2.21. The van der Waals surface area contributed by atoms with Crippen molar-refractivity contribution in [3.05, 3.63) is 41.2 Å². The van der Waals surface area contributed by atoms with Gasteiger partial charge in [-0.2, -0.15) is 0 Å². The Morgan fingerprint density at radius 1 is 1.33 bits per heavy atom. The standard InChI is InChI=1S/C15H18N4O2/c1-21-10-11-6-2-3-7-12(11)14(20)16-15-18-17-13-8-4-5-9-19(13)15/h2-3,6-7H,4-5,8-10H2,1H3,(H,16,18,20). The van der Waals surface area contributed by atoms with E-state index in [1.807, 2.05) is 22.8 Å². The number of fused-ring (bicyclic) bond motifs is 1. The summed E-state index contributed by atoms with van der Waals surface area (Å²) in [5.41, 5.74) is 1.46. The van der Waals surface area contributed by atoms with E-state index >= 15 is 0 Å². The van der Waals surface area contributed by atoms with Crippen molar-refractivity contribution in [3.8, 4) is 0 Å². The maximum Gasteiger partial charge on any atom is 0.258 e. The molecular weight excluding hydrogens is 268 g/mol. The largest absolute Gasteiger partial charge is 0.380 e. The van der Waals surface area contributed by atoms with Crippen LogP contribution in [0.1, 0.15) is 34.6 Å². The van der Waals surface area contributed by atoms with Crippen molar-refractivity contribution in [1.82, 2.24) is 14.8 Å². The van der Waals surface area contributed by atoms with Crippen LogP contribution in [0, 0.1) is 0 Å². The van der Waals surface area contributed by atoms with Gasteiger partial charge in [0.1, 0.15) is 5.82 Å². The molecule has 2 aromatic rings. The molecule has 0 bridgehead atoms. The molecule has 0 unspecified atom stereocenters. The third-order valence-corrected chi connectivity index (χ3v) is 3.65. The lowest BCUT2D eigenvalue weighted by Gasteiger charge is -2.15. The van der Waals surface area contributed by atoms with E-state index < -0.39 is 0 Å². The van der Waals surface area contributed by atoms with E-state index in [-0.39, 0.29) is 5.91 Å². The smallest absolute Gasteiger partial charge is 0.258 e. The molecule has 1 aliphatic heterocycles. The molecule has 110 valence electrons. The SMILES string of the molecule is COCc1ccccc1C(=O)Nc1nnc2n1CCCC2. The first-order valence-corrected chi connectivity index (χ1v) is 7.10. The summed E-state index contributed by atoms with van der Waals surface area (Å²) in [6.07, 6.45) is 3.14. The van der Waals surface area contributed by atoms with Crippen LogP contribution in [0.25, 0.3) is 0 Å². The number of benzene rings is 1. The Morgan fingerprint density at radius 2 is 2.19 bits per heavy atom. The molecule has 6 nitrogen and oxygen atoms in total. The quantitative estimate of drug-likeness (QED) is 0.933. The van der Waals surface area contributed by atoms with E-state index in [1.165, 1.54) is 0 Å². The summed E-state index contributed by atoms with van der Waals surface area (Å²) in [4.78, 5) is 12.4. The number of amides is 1. The van der Waals surface area contributed by atoms with Crippen LogP contribution < -0.4 is 5.32 Å². The third-order valence-electron chi connectivity index (χ3n) is 3.65. The molecule has 0 saturated heterocycles. The van der Waals surface area contributed by atoms with Crippen molar-refractivity contribution in [2.45, 2.75) is 32.4 Å². The number of anilines is 1. The molecular formula is C15H18N4O2. The van der Waals surface area contributed by atoms with Gasteiger partial charge in [-0.3, -0.25) is 14.7 Å². The fraction of sp³-hybridized carbons (Fsp3) is 0.400. The molecule has 0 spiro atoms. The van der Waals surface area contributed by atoms with Gasteiger partial charge in [-0.15, -0.1) is 10.2 Å². The molecule has 2 heterocycles. The molecule has 0 aliphatic carbocycles. The molecule has 1 amide bonds. The Labute approximate surface area is 123 Å². The number of aryl methyl sites for hydroxylation is 1. The van der Waals surface area contributed by atoms with Crippen LogP contribution in [-0.4, -0.2) is 27.8 Å². The fourth-order valence-corrected chi connectivity index (χ4v) is 2.59. The molecule has 21 heavy (non-hydrogen) atoms. The Kier molecular flexibility index (Phi) is 3.96. The predicted molar refractivity (Wildman–Crippen MR) is 78.1 cm³/mol. The van der Waals surface area contributed by atoms with Crippen molar-refractivity contribution in [1.29, 1.82) is 0 Å². The average Bonchev–Trinajstić information content (AvgIpc) is 2.91. The second-order valence-corrected chi connectivity index (χ2v) is 5.09. The van der Waals surface area contributed by atoms with Crippen molar-refractivity contribution < 1.29 is 9.53 Å². The molecule has 0 atom stereocenters. The van der Waals surface area contributed by atoms with Crippen LogP contribution in [0.3, 0.4) is 0 Å². The van der Waals surface area contributed by atoms with Gasteiger partial charge in [-0.05, 0) is 24.5 Å². The highest BCUT2D eigenvalue weighted by atomic mass is 16.5. The molecule has 0 radical (unpaired) electrons. The lowest BCUT2D eigenvalue weighted by atomic mass is 10.1. The second-order valence-electron chi connectivity index (χ2n) is 5.09. The highest BCUT2D eigenvalue weighted by Crippen LogP contribution is 2.18. The summed E-state index contributed by atoms with van der Waals surface area (Å²) < 4.78 is 7.12. The number of carbonyl (C=O) groups excluding carboxylic acids is 1. The van der Waals surface area contributed by atoms with Gasteiger partial charge in [0.05, 0.1) is 6.61 Å². The van der Waals surface area contributed by atoms with Crippen LogP contribution in [0.4, 0.5) is 5.95 Å². The fourth-order valence-electron chi connectivity index (χ4n) is 2.59. The predicted octanol–water partition coefficient (Wildman–Crippen LogP) is 2.01. The monoisotopic (exact) mass is 286 g/mol. The van der Waals surface area contributed by atoms with Gasteiger partial charge in [-0.25, -0.2) is 0 Å². The first-order valence-electron chi connectivity index (χ1n) is 7.10. The summed E-state index contributed by atoms with van der Waals surface area (Å²) in [5.74, 6) is 1.30. The molecule has 1 aliphatic rings. The first-order chi connectivity index (χ1) is 10.3. The molecule has 6 heteroatoms. The normalized spacial score (nSPS) is 13.8. The molecule has 0 saturated carbocycles. The van der Waals surface area contributed by atoms with Gasteiger partial charge in [-0.1, -0.05) is 18.2 Å². The van der Waals surface area contributed by atoms with Crippen molar-refractivity contribution in [3.63, 3.8) is 0 Å². The summed E-state index contributed by atoms with van der Waals surface area (Å²) >= 11 is 0. The van der Waals surface area contributed by atoms with E-state index in [0.29, 0.717) is 18.1 Å². The number of ether oxygens (including phenoxy) is 1. The number of methoxy groups -OCH3 is 1. The van der Waals surface area contributed by atoms with E-state index in [1.54, 1.807) is 13.2 Å². The lowest BCUT2D eigenvalue weighted by molar-refractivity contribution is 0.102. The van der Waals surface area contributed by atoms with Gasteiger partial charge < -0.3 is 4.74 Å². The Bertz CT molecular complexity index is 651. The average molecular weight is 286 g/mol. The van der Waals surface area contributed by atoms with Crippen LogP contribution in [-0.2, 0) is 24.3 Å². The van der Waals surface area contributed by atoms with Crippen molar-refractivity contribution in [2.24, 2.45) is 0 Å². The summed E-state index contributed by atoms with van der Waals surface area (Å²) in [7, 11) is 1.61. The Balaban J connectivity index is 1.82. The number of carbonyl (C=O) groups is 1. The van der Waals surface area contributed by atoms with Gasteiger partial charge in [0.15, 0.2) is 0 Å². The van der Waals surface area contributed by atoms with E-state index in [0.717, 1.165) is 37.2 Å². The zero-order valence-electron chi connectivity index (χ0n) is 12.0. The van der Waals surface area contributed by atoms with Crippen LogP contribution in [0.15, 0.2) is 24.3 Å². The molecule has 1 aromatic heterocycles. The van der Waals surface area contributed by atoms with E-state index in [9.17, 15) is 4.79 Å². The summed E-state index contributed by atoms with van der Waals surface area (Å²) in [6.45, 7) is 1.26. The maximum absolute atomic E-state index is 12.4. The second kappa shape index (κ2) is 6.05. The highest BCUT2D eigenvalue weighted by Gasteiger charge is 2.19. The van der Waals surface area contributed by atoms with Crippen molar-refractivity contribution in [2.75, 3.05) is 12.4 Å². The number of aromatic nitrogens is 3. The van der Waals surface area contributed by atoms with Crippen LogP contribution in [0.2, 0.25) is 0 Å². The third kappa shape index (κ3) is 2.80. The molecule has 3 rings (SSSR count). The molecule has 1 N–H and O–H groups in total. The number of nitrogens with one attached hydrogen (secondary N) is 1. The number of hydrogen-bond acceptors (Lipinski definition) is 4. The number of nitrogens with zero attached hydrogens (tertiary/aromatic N) is 3. The minimum Gasteiger partial charge on any atom is -0.380 e. The lowest BCUT2D eigenvalue weighted by Crippen LogP contribution is -2.19. The van der Waals surface area contributed by atoms with Gasteiger partial charge >= 0.3 is 0 Å². The minimum atomic E-state index is -0.177. The van der Waals surface area contributed by atoms with Crippen molar-refractivity contribution >= 4 is 11.9 Å². The zero-order valence-corrected chi connectivity index (χ0v) is 12.0. The summed E-state index contributed by atoms with van der Waals surface area (Å²) in [6, 6.07) is 7.41. The van der Waals surface area contributed by atoms with Gasteiger partial charge in [0, 0.05) is 25.6 Å². The van der Waals surface area contributed by atoms with E-state index in [2.05, 4.69) is 15.5 Å². The highest BCUT2D eigenvalue weighted by molar-refractivity contribution is 6.04. The molecule has 0 fully saturated rings. The number of hydrogen-bond donors (Lipinski definition) is 1. The molecule has 1 aromatic carbocycles. The van der Waals surface area contributed by atoms with Crippen LogP contribution >= 0.6 is 0 Å². The minimum absolute atomic E-state index is 0.177. The van der Waals surface area contributed by atoms with Gasteiger partial charge in [0.25, 0.3) is 5.91 Å². The topological polar surface area (TPSA) is 69.0 Å². The maximum atomic E-state index is 12.4. The summed E-state index contributed by atoms with van der Waals surface area (Å²) in [5, 5.41) is 11.1. The number of rotatable bonds is 4. The zero-order chi connectivity index (χ0) is 14.7. The van der Waals surface area contributed by atoms with Gasteiger partial charge in [0.2, 0.25) is 5.95 Å². The first kappa shape index (κ1) is 13.8. The van der Waals surface area contributed by atoms with Crippen LogP contribution in [0.5, 0.6) is 0 Å². The Morgan fingerprint density at radius 3 is 3.05 bits per heavy atom. The van der Waals surface area contributed by atoms with E-state index in [4.69, 9.17) is 4.74 Å².